The first kappa shape index (κ1) is 34.6. The summed E-state index contributed by atoms with van der Waals surface area (Å²) < 4.78 is 0. The van der Waals surface area contributed by atoms with Crippen LogP contribution in [0.1, 0.15) is 51.5 Å². The summed E-state index contributed by atoms with van der Waals surface area (Å²) in [4.78, 5) is 65.8. The number of aliphatic imine (C=N–C) groups is 1. The number of nitrogens with zero attached hydrogens (tertiary/aromatic N) is 1. The Morgan fingerprint density at radius 2 is 1.51 bits per heavy atom. The van der Waals surface area contributed by atoms with E-state index >= 15 is 0 Å². The summed E-state index contributed by atoms with van der Waals surface area (Å²) in [6.45, 7) is 3.61. The number of hydrogen-bond donors (Lipinski definition) is 9. The third kappa shape index (κ3) is 13.0. The molecule has 41 heavy (non-hydrogen) atoms. The number of carbonyl (C=O) groups is 5. The van der Waals surface area contributed by atoms with E-state index in [1.807, 2.05) is 0 Å². The van der Waals surface area contributed by atoms with Crippen molar-refractivity contribution >= 4 is 35.6 Å². The Morgan fingerprint density at radius 1 is 0.902 bits per heavy atom. The number of aromatic hydroxyl groups is 1. The number of carboxylic acid groups (broad SMARTS) is 2. The molecule has 0 aliphatic rings. The monoisotopic (exact) mass is 579 g/mol. The van der Waals surface area contributed by atoms with Crippen LogP contribution in [0.5, 0.6) is 5.75 Å². The average Bonchev–Trinajstić information content (AvgIpc) is 2.91. The molecule has 0 aromatic heterocycles. The van der Waals surface area contributed by atoms with Gasteiger partial charge in [-0.25, -0.2) is 4.79 Å². The summed E-state index contributed by atoms with van der Waals surface area (Å²) in [5.41, 5.74) is 17.2. The lowest BCUT2D eigenvalue weighted by atomic mass is 9.96. The lowest BCUT2D eigenvalue weighted by Gasteiger charge is -2.28. The van der Waals surface area contributed by atoms with Gasteiger partial charge < -0.3 is 48.5 Å². The molecule has 228 valence electrons. The summed E-state index contributed by atoms with van der Waals surface area (Å²) in [6.07, 6.45) is 0.0681. The van der Waals surface area contributed by atoms with Crippen LogP contribution in [0.3, 0.4) is 0 Å². The maximum absolute atomic E-state index is 13.2. The number of nitrogens with two attached hydrogens (primary N) is 3. The van der Waals surface area contributed by atoms with Crippen molar-refractivity contribution in [3.05, 3.63) is 29.8 Å². The molecule has 0 aliphatic heterocycles. The van der Waals surface area contributed by atoms with Gasteiger partial charge in [0, 0.05) is 13.0 Å². The third-order valence-electron chi connectivity index (χ3n) is 6.36. The topological polar surface area (TPSA) is 273 Å². The van der Waals surface area contributed by atoms with Crippen molar-refractivity contribution in [2.75, 3.05) is 6.54 Å². The van der Waals surface area contributed by atoms with Crippen molar-refractivity contribution < 1.29 is 39.3 Å². The van der Waals surface area contributed by atoms with E-state index in [0.717, 1.165) is 0 Å². The Hall–Kier alpha value is -4.40. The van der Waals surface area contributed by atoms with Crippen molar-refractivity contribution in [1.82, 2.24) is 16.0 Å². The summed E-state index contributed by atoms with van der Waals surface area (Å²) in [5, 5.41) is 35.5. The Balaban J connectivity index is 3.00. The Labute approximate surface area is 237 Å². The zero-order valence-electron chi connectivity index (χ0n) is 23.2. The minimum Gasteiger partial charge on any atom is -0.508 e. The molecule has 0 saturated carbocycles. The molecule has 5 unspecified atom stereocenters. The first-order chi connectivity index (χ1) is 19.2. The van der Waals surface area contributed by atoms with E-state index in [0.29, 0.717) is 12.0 Å². The van der Waals surface area contributed by atoms with Crippen molar-refractivity contribution in [2.24, 2.45) is 28.1 Å². The van der Waals surface area contributed by atoms with Gasteiger partial charge in [-0.1, -0.05) is 32.4 Å². The molecule has 0 saturated heterocycles. The Morgan fingerprint density at radius 3 is 2.05 bits per heavy atom. The highest BCUT2D eigenvalue weighted by Crippen LogP contribution is 2.13. The maximum atomic E-state index is 13.2. The maximum Gasteiger partial charge on any atom is 0.326 e. The molecule has 15 nitrogen and oxygen atoms in total. The molecule has 15 heteroatoms. The summed E-state index contributed by atoms with van der Waals surface area (Å²) in [5.74, 6) is -5.34. The molecule has 1 aromatic rings. The second-order valence-electron chi connectivity index (χ2n) is 9.69. The molecule has 0 bridgehead atoms. The lowest BCUT2D eigenvalue weighted by molar-refractivity contribution is -0.143. The molecule has 3 amide bonds. The number of phenols is 1. The van der Waals surface area contributed by atoms with E-state index in [2.05, 4.69) is 20.9 Å². The van der Waals surface area contributed by atoms with E-state index in [9.17, 15) is 34.2 Å². The number of amides is 3. The van der Waals surface area contributed by atoms with E-state index in [4.69, 9.17) is 22.3 Å². The standard InChI is InChI=1S/C26H41N7O8/c1-3-14(2)21(24(39)32-19(25(40)41)5-4-12-30-26(28)29)33-23(38)18(10-11-20(35)36)31-22(37)17(27)13-15-6-8-16(34)9-7-15/h6-9,14,17-19,21,34H,3-5,10-13,27H2,1-2H3,(H,31,37)(H,32,39)(H,33,38)(H,35,36)(H,40,41)(H4,28,29,30). The van der Waals surface area contributed by atoms with Crippen molar-refractivity contribution in [3.8, 4) is 5.75 Å². The predicted octanol–water partition coefficient (Wildman–Crippen LogP) is -1.23. The quantitative estimate of drug-likeness (QED) is 0.0564. The highest BCUT2D eigenvalue weighted by Gasteiger charge is 2.33. The second-order valence-corrected chi connectivity index (χ2v) is 9.69. The number of aliphatic carboxylic acids is 2. The first-order valence-corrected chi connectivity index (χ1v) is 13.2. The van der Waals surface area contributed by atoms with Gasteiger partial charge in [0.25, 0.3) is 0 Å². The Bertz CT molecular complexity index is 1080. The molecule has 1 rings (SSSR count). The van der Waals surface area contributed by atoms with Crippen molar-refractivity contribution in [1.29, 1.82) is 0 Å². The van der Waals surface area contributed by atoms with Crippen LogP contribution < -0.4 is 33.2 Å². The minimum atomic E-state index is -1.33. The van der Waals surface area contributed by atoms with Gasteiger partial charge >= 0.3 is 11.9 Å². The van der Waals surface area contributed by atoms with Crippen LogP contribution >= 0.6 is 0 Å². The number of phenolic OH excluding ortho intramolecular Hbond substituents is 1. The van der Waals surface area contributed by atoms with Crippen LogP contribution in [-0.4, -0.2) is 81.7 Å². The van der Waals surface area contributed by atoms with Crippen LogP contribution in [0.25, 0.3) is 0 Å². The van der Waals surface area contributed by atoms with Crippen LogP contribution in [0, 0.1) is 5.92 Å². The molecule has 0 aliphatic carbocycles. The van der Waals surface area contributed by atoms with Crippen LogP contribution in [0.15, 0.2) is 29.3 Å². The number of carbonyl (C=O) groups excluding carboxylic acids is 3. The van der Waals surface area contributed by atoms with Gasteiger partial charge in [0.15, 0.2) is 5.96 Å². The third-order valence-corrected chi connectivity index (χ3v) is 6.36. The van der Waals surface area contributed by atoms with Crippen LogP contribution in [-0.2, 0) is 30.4 Å². The van der Waals surface area contributed by atoms with Crippen LogP contribution in [0.2, 0.25) is 0 Å². The number of nitrogens with one attached hydrogen (secondary N) is 3. The Kier molecular flexibility index (Phi) is 14.6. The molecule has 12 N–H and O–H groups in total. The van der Waals surface area contributed by atoms with Gasteiger partial charge in [-0.05, 0) is 49.3 Å². The van der Waals surface area contributed by atoms with E-state index in [-0.39, 0.29) is 43.9 Å². The largest absolute Gasteiger partial charge is 0.508 e. The molecule has 5 atom stereocenters. The lowest BCUT2D eigenvalue weighted by Crippen LogP contribution is -2.58. The zero-order chi connectivity index (χ0) is 31.1. The first-order valence-electron chi connectivity index (χ1n) is 13.2. The fourth-order valence-electron chi connectivity index (χ4n) is 3.77. The van der Waals surface area contributed by atoms with Gasteiger partial charge in [0.05, 0.1) is 6.04 Å². The van der Waals surface area contributed by atoms with E-state index in [1.54, 1.807) is 26.0 Å². The molecule has 0 heterocycles. The molecule has 0 radical (unpaired) electrons. The number of rotatable bonds is 18. The number of guanidine groups is 1. The van der Waals surface area contributed by atoms with Gasteiger partial charge in [-0.2, -0.15) is 0 Å². The molecule has 1 aromatic carbocycles. The van der Waals surface area contributed by atoms with Gasteiger partial charge in [0.1, 0.15) is 23.9 Å². The summed E-state index contributed by atoms with van der Waals surface area (Å²) in [7, 11) is 0. The molecule has 0 fully saturated rings. The number of hydrogen-bond acceptors (Lipinski definition) is 8. The van der Waals surface area contributed by atoms with E-state index < -0.39 is 66.2 Å². The normalized spacial score (nSPS) is 14.4. The zero-order valence-corrected chi connectivity index (χ0v) is 23.2. The smallest absolute Gasteiger partial charge is 0.326 e. The number of carboxylic acids is 2. The predicted molar refractivity (Wildman–Crippen MR) is 149 cm³/mol. The second kappa shape index (κ2) is 17.3. The molecular formula is C26H41N7O8. The highest BCUT2D eigenvalue weighted by molar-refractivity contribution is 5.94. The van der Waals surface area contributed by atoms with Crippen molar-refractivity contribution in [2.45, 2.75) is 76.5 Å². The highest BCUT2D eigenvalue weighted by atomic mass is 16.4. The van der Waals surface area contributed by atoms with Gasteiger partial charge in [-0.3, -0.25) is 24.2 Å². The van der Waals surface area contributed by atoms with Crippen molar-refractivity contribution in [3.63, 3.8) is 0 Å². The summed E-state index contributed by atoms with van der Waals surface area (Å²) >= 11 is 0. The number of benzene rings is 1. The summed E-state index contributed by atoms with van der Waals surface area (Å²) in [6, 6.07) is 1.14. The fourth-order valence-corrected chi connectivity index (χ4v) is 3.77. The van der Waals surface area contributed by atoms with Gasteiger partial charge in [0.2, 0.25) is 17.7 Å². The van der Waals surface area contributed by atoms with E-state index in [1.165, 1.54) is 12.1 Å². The minimum absolute atomic E-state index is 0.0231. The molecular weight excluding hydrogens is 538 g/mol. The van der Waals surface area contributed by atoms with Gasteiger partial charge in [-0.15, -0.1) is 0 Å². The SMILES string of the molecule is CCC(C)C(NC(=O)C(CCC(=O)O)NC(=O)C(N)Cc1ccc(O)cc1)C(=O)NC(CCCN=C(N)N)C(=O)O. The fraction of sp³-hybridized carbons (Fsp3) is 0.538. The molecule has 0 spiro atoms. The average molecular weight is 580 g/mol. The van der Waals surface area contributed by atoms with Crippen LogP contribution in [0.4, 0.5) is 0 Å².